The van der Waals surface area contributed by atoms with E-state index in [-0.39, 0.29) is 17.6 Å². The van der Waals surface area contributed by atoms with E-state index in [4.69, 9.17) is 9.15 Å². The Morgan fingerprint density at radius 1 is 1.32 bits per heavy atom. The topological polar surface area (TPSA) is 63.0 Å². The first kappa shape index (κ1) is 20.4. The molecule has 3 rings (SSSR count). The molecule has 1 atom stereocenters. The van der Waals surface area contributed by atoms with Gasteiger partial charge in [-0.05, 0) is 76.5 Å². The summed E-state index contributed by atoms with van der Waals surface area (Å²) in [6.45, 7) is 7.69. The van der Waals surface area contributed by atoms with Crippen LogP contribution < -0.4 is 10.4 Å². The van der Waals surface area contributed by atoms with Crippen LogP contribution in [-0.2, 0) is 11.2 Å². The van der Waals surface area contributed by atoms with Gasteiger partial charge in [0, 0.05) is 19.2 Å². The van der Waals surface area contributed by atoms with Crippen LogP contribution in [-0.4, -0.2) is 55.0 Å². The molecule has 0 radical (unpaired) electrons. The van der Waals surface area contributed by atoms with Crippen molar-refractivity contribution in [1.29, 1.82) is 0 Å². The lowest BCUT2D eigenvalue weighted by molar-refractivity contribution is -0.139. The molecule has 28 heavy (non-hydrogen) atoms. The van der Waals surface area contributed by atoms with E-state index in [2.05, 4.69) is 11.9 Å². The quantitative estimate of drug-likeness (QED) is 0.740. The van der Waals surface area contributed by atoms with Gasteiger partial charge in [-0.1, -0.05) is 6.92 Å². The Morgan fingerprint density at radius 3 is 2.64 bits per heavy atom. The largest absolute Gasteiger partial charge is 0.480 e. The molecule has 2 heterocycles. The zero-order valence-electron chi connectivity index (χ0n) is 17.4. The first-order valence-corrected chi connectivity index (χ1v) is 9.99. The molecule has 0 N–H and O–H groups in total. The number of hydrogen-bond acceptors (Lipinski definition) is 5. The summed E-state index contributed by atoms with van der Waals surface area (Å²) >= 11 is 0. The average Bonchev–Trinajstić information content (AvgIpc) is 2.66. The predicted molar refractivity (Wildman–Crippen MR) is 110 cm³/mol. The van der Waals surface area contributed by atoms with Gasteiger partial charge in [-0.3, -0.25) is 4.79 Å². The number of likely N-dealkylation sites (tertiary alicyclic amines) is 1. The van der Waals surface area contributed by atoms with Crippen molar-refractivity contribution in [3.63, 3.8) is 0 Å². The monoisotopic (exact) mass is 386 g/mol. The summed E-state index contributed by atoms with van der Waals surface area (Å²) in [5.74, 6) is 0.563. The second-order valence-electron chi connectivity index (χ2n) is 7.82. The van der Waals surface area contributed by atoms with Crippen LogP contribution in [0.3, 0.4) is 0 Å². The minimum atomic E-state index is -0.619. The SMILES string of the molecule is CCc1cc(=O)oc2cc(C)cc(OC(C)C(=O)N(C)C3CCN(C)CC3)c12. The third-order valence-electron chi connectivity index (χ3n) is 5.65. The Bertz CT molecular complexity index is 913. The molecule has 1 aliphatic heterocycles. The number of piperidine rings is 1. The van der Waals surface area contributed by atoms with Gasteiger partial charge < -0.3 is 19.0 Å². The summed E-state index contributed by atoms with van der Waals surface area (Å²) in [5.41, 5.74) is 1.92. The molecule has 1 aromatic carbocycles. The van der Waals surface area contributed by atoms with Crippen molar-refractivity contribution >= 4 is 16.9 Å². The molecule has 2 aromatic rings. The highest BCUT2D eigenvalue weighted by Crippen LogP contribution is 2.31. The molecular formula is C22H30N2O4. The van der Waals surface area contributed by atoms with Gasteiger partial charge >= 0.3 is 5.63 Å². The number of hydrogen-bond donors (Lipinski definition) is 0. The normalized spacial score (nSPS) is 16.9. The van der Waals surface area contributed by atoms with E-state index in [9.17, 15) is 9.59 Å². The molecule has 6 nitrogen and oxygen atoms in total. The second-order valence-corrected chi connectivity index (χ2v) is 7.82. The fourth-order valence-electron chi connectivity index (χ4n) is 3.93. The third-order valence-corrected chi connectivity index (χ3v) is 5.65. The van der Waals surface area contributed by atoms with Crippen molar-refractivity contribution in [2.45, 2.75) is 52.2 Å². The number of benzene rings is 1. The van der Waals surface area contributed by atoms with E-state index in [1.807, 2.05) is 37.9 Å². The van der Waals surface area contributed by atoms with Crippen LogP contribution in [0.25, 0.3) is 11.0 Å². The van der Waals surface area contributed by atoms with Crippen LogP contribution in [0.4, 0.5) is 0 Å². The van der Waals surface area contributed by atoms with Gasteiger partial charge in [0.05, 0.1) is 5.39 Å². The van der Waals surface area contributed by atoms with Crippen LogP contribution in [0.15, 0.2) is 27.4 Å². The number of likely N-dealkylation sites (N-methyl/N-ethyl adjacent to an activating group) is 1. The molecule has 1 aromatic heterocycles. The maximum Gasteiger partial charge on any atom is 0.336 e. The lowest BCUT2D eigenvalue weighted by Crippen LogP contribution is -2.48. The standard InChI is InChI=1S/C22H30N2O4/c1-6-16-13-20(25)28-19-12-14(2)11-18(21(16)19)27-15(3)22(26)24(5)17-7-9-23(4)10-8-17/h11-13,15,17H,6-10H2,1-5H3. The van der Waals surface area contributed by atoms with E-state index in [0.29, 0.717) is 17.8 Å². The van der Waals surface area contributed by atoms with Gasteiger partial charge in [0.2, 0.25) is 0 Å². The van der Waals surface area contributed by atoms with E-state index in [1.165, 1.54) is 6.07 Å². The van der Waals surface area contributed by atoms with Gasteiger partial charge in [-0.2, -0.15) is 0 Å². The van der Waals surface area contributed by atoms with Gasteiger partial charge in [-0.25, -0.2) is 4.79 Å². The van der Waals surface area contributed by atoms with E-state index >= 15 is 0 Å². The summed E-state index contributed by atoms with van der Waals surface area (Å²) in [5, 5.41) is 0.772. The molecule has 1 aliphatic rings. The Kier molecular flexibility index (Phi) is 6.08. The number of rotatable bonds is 5. The average molecular weight is 386 g/mol. The molecular weight excluding hydrogens is 356 g/mol. The number of carbonyl (C=O) groups excluding carboxylic acids is 1. The molecule has 1 fully saturated rings. The summed E-state index contributed by atoms with van der Waals surface area (Å²) in [6.07, 6.45) is 2.01. The highest BCUT2D eigenvalue weighted by Gasteiger charge is 2.28. The van der Waals surface area contributed by atoms with Gasteiger partial charge in [0.15, 0.2) is 6.10 Å². The van der Waals surface area contributed by atoms with Crippen LogP contribution in [0.2, 0.25) is 0 Å². The molecule has 1 amide bonds. The molecule has 1 unspecified atom stereocenters. The fourth-order valence-corrected chi connectivity index (χ4v) is 3.93. The number of amides is 1. The van der Waals surface area contributed by atoms with Gasteiger partial charge in [0.25, 0.3) is 5.91 Å². The van der Waals surface area contributed by atoms with Crippen LogP contribution in [0, 0.1) is 6.92 Å². The summed E-state index contributed by atoms with van der Waals surface area (Å²) in [6, 6.07) is 5.48. The number of ether oxygens (including phenoxy) is 1. The molecule has 0 saturated carbocycles. The highest BCUT2D eigenvalue weighted by atomic mass is 16.5. The minimum Gasteiger partial charge on any atom is -0.480 e. The van der Waals surface area contributed by atoms with E-state index in [0.717, 1.165) is 42.4 Å². The number of fused-ring (bicyclic) bond motifs is 1. The van der Waals surface area contributed by atoms with Gasteiger partial charge in [0.1, 0.15) is 11.3 Å². The molecule has 6 heteroatoms. The van der Waals surface area contributed by atoms with E-state index in [1.54, 1.807) is 6.92 Å². The first-order chi connectivity index (χ1) is 13.3. The molecule has 1 saturated heterocycles. The fraction of sp³-hybridized carbons (Fsp3) is 0.545. The number of carbonyl (C=O) groups is 1. The summed E-state index contributed by atoms with van der Waals surface area (Å²) in [7, 11) is 3.97. The maximum absolute atomic E-state index is 13.0. The van der Waals surface area contributed by atoms with Gasteiger partial charge in [-0.15, -0.1) is 0 Å². The smallest absolute Gasteiger partial charge is 0.336 e. The Morgan fingerprint density at radius 2 is 2.00 bits per heavy atom. The molecule has 0 spiro atoms. The molecule has 152 valence electrons. The van der Waals surface area contributed by atoms with Crippen molar-refractivity contribution in [2.75, 3.05) is 27.2 Å². The third kappa shape index (κ3) is 4.22. The molecule has 0 aliphatic carbocycles. The zero-order valence-corrected chi connectivity index (χ0v) is 17.4. The van der Waals surface area contributed by atoms with Crippen LogP contribution in [0.5, 0.6) is 5.75 Å². The van der Waals surface area contributed by atoms with E-state index < -0.39 is 6.10 Å². The number of nitrogens with zero attached hydrogens (tertiary/aromatic N) is 2. The molecule has 0 bridgehead atoms. The minimum absolute atomic E-state index is 0.0281. The Labute approximate surface area is 166 Å². The van der Waals surface area contributed by atoms with Crippen molar-refractivity contribution in [3.05, 3.63) is 39.7 Å². The van der Waals surface area contributed by atoms with Crippen molar-refractivity contribution < 1.29 is 13.9 Å². The maximum atomic E-state index is 13.0. The lowest BCUT2D eigenvalue weighted by atomic mass is 10.0. The van der Waals surface area contributed by atoms with Crippen LogP contribution in [0.1, 0.15) is 37.8 Å². The Balaban J connectivity index is 1.85. The summed E-state index contributed by atoms with van der Waals surface area (Å²) < 4.78 is 11.5. The van der Waals surface area contributed by atoms with Crippen molar-refractivity contribution in [3.8, 4) is 5.75 Å². The van der Waals surface area contributed by atoms with Crippen LogP contribution >= 0.6 is 0 Å². The Hall–Kier alpha value is -2.34. The summed E-state index contributed by atoms with van der Waals surface area (Å²) in [4.78, 5) is 28.9. The lowest BCUT2D eigenvalue weighted by Gasteiger charge is -2.36. The highest BCUT2D eigenvalue weighted by molar-refractivity contribution is 5.88. The predicted octanol–water partition coefficient (Wildman–Crippen LogP) is 2.98. The second kappa shape index (κ2) is 8.35. The van der Waals surface area contributed by atoms with Crippen molar-refractivity contribution in [1.82, 2.24) is 9.80 Å². The number of aryl methyl sites for hydroxylation is 2. The zero-order chi connectivity index (χ0) is 20.4. The van der Waals surface area contributed by atoms with Crippen molar-refractivity contribution in [2.24, 2.45) is 0 Å². The first-order valence-electron chi connectivity index (χ1n) is 9.99.